The van der Waals surface area contributed by atoms with E-state index in [-0.39, 0.29) is 188 Å². The maximum atomic E-state index is 14.4. The molecule has 10 N–H and O–H groups in total. The number of hydrogen-bond acceptors (Lipinski definition) is 45. The molecule has 4 aromatic rings. The first-order valence-electron chi connectivity index (χ1n) is 50.0. The highest BCUT2D eigenvalue weighted by molar-refractivity contribution is 8.76. The maximum Gasteiger partial charge on any atom is 0.271 e. The highest BCUT2D eigenvalue weighted by atomic mass is 33.1. The van der Waals surface area contributed by atoms with Crippen LogP contribution in [0.5, 0.6) is 0 Å². The van der Waals surface area contributed by atoms with Crippen molar-refractivity contribution >= 4 is 56.8 Å². The Labute approximate surface area is 850 Å². The fourth-order valence-electron chi connectivity index (χ4n) is 16.8. The number of nitrogens with zero attached hydrogens (tertiary/aromatic N) is 10. The molecule has 6 bridgehead atoms. The Balaban J connectivity index is 0.601. The van der Waals surface area contributed by atoms with E-state index in [4.69, 9.17) is 114 Å². The number of fused-ring (bicyclic) bond motifs is 6. The van der Waals surface area contributed by atoms with E-state index in [0.29, 0.717) is 161 Å². The van der Waals surface area contributed by atoms with Crippen LogP contribution in [0.15, 0.2) is 48.0 Å². The third-order valence-electron chi connectivity index (χ3n) is 24.4. The Morgan fingerprint density at radius 1 is 0.414 bits per heavy atom. The zero-order valence-electron chi connectivity index (χ0n) is 83.2. The van der Waals surface area contributed by atoms with Gasteiger partial charge in [0.1, 0.15) is 111 Å². The van der Waals surface area contributed by atoms with E-state index in [0.717, 1.165) is 55.7 Å². The Morgan fingerprint density at radius 3 is 1.14 bits per heavy atom. The van der Waals surface area contributed by atoms with E-state index >= 15 is 0 Å². The Kier molecular flexibility index (Phi) is 53.6. The molecule has 11 heterocycles. The third kappa shape index (κ3) is 41.4. The van der Waals surface area contributed by atoms with Gasteiger partial charge in [0.2, 0.25) is 23.6 Å². The summed E-state index contributed by atoms with van der Waals surface area (Å²) in [6.07, 6.45) is 6.01. The summed E-state index contributed by atoms with van der Waals surface area (Å²) in [5, 5.41) is 102. The number of pyridine rings is 1. The largest absolute Gasteiger partial charge is 0.388 e. The molecule has 7 fully saturated rings. The fraction of sp³-hybridized carbons (Fsp3) is 0.817. The van der Waals surface area contributed by atoms with Crippen LogP contribution in [-0.2, 0) is 182 Å². The van der Waals surface area contributed by atoms with Crippen molar-refractivity contribution in [2.45, 2.75) is 264 Å². The summed E-state index contributed by atoms with van der Waals surface area (Å²) >= 11 is 0. The second kappa shape index (κ2) is 65.5. The summed E-state index contributed by atoms with van der Waals surface area (Å²) in [7, 11) is 3.45. The summed E-state index contributed by atoms with van der Waals surface area (Å²) in [6, 6.07) is 3.13. The number of aliphatic hydroxyl groups is 6. The highest BCUT2D eigenvalue weighted by Crippen LogP contribution is 2.41. The van der Waals surface area contributed by atoms with Gasteiger partial charge in [0.25, 0.3) is 6.48 Å². The number of carbonyl (C=O) groups excluding carboxylic acids is 6. The number of rotatable bonds is 82. The summed E-state index contributed by atoms with van der Waals surface area (Å²) < 4.78 is 145. The van der Waals surface area contributed by atoms with Gasteiger partial charge in [-0.15, -0.1) is 15.3 Å². The Morgan fingerprint density at radius 2 is 0.766 bits per heavy atom. The van der Waals surface area contributed by atoms with Crippen LogP contribution >= 0.6 is 21.6 Å². The van der Waals surface area contributed by atoms with Gasteiger partial charge in [0.15, 0.2) is 18.9 Å². The average Bonchev–Trinajstić information content (AvgIpc) is 1.61. The minimum atomic E-state index is -1.35. The first kappa shape index (κ1) is 119. The first-order chi connectivity index (χ1) is 70.5. The van der Waals surface area contributed by atoms with Crippen LogP contribution in [-0.4, -0.2) is 442 Å². The van der Waals surface area contributed by atoms with Crippen LogP contribution in [0.25, 0.3) is 0 Å². The van der Waals surface area contributed by atoms with Gasteiger partial charge in [-0.1, -0.05) is 58.2 Å². The number of nitrogens with one attached hydrogen (secondary N) is 4. The van der Waals surface area contributed by atoms with Crippen molar-refractivity contribution in [1.82, 2.24) is 71.2 Å². The van der Waals surface area contributed by atoms with Gasteiger partial charge < -0.3 is 166 Å². The zero-order chi connectivity index (χ0) is 103. The van der Waals surface area contributed by atoms with Crippen LogP contribution in [0.4, 0.5) is 0 Å². The molecule has 52 heteroatoms. The number of carbonyl (C=O) groups is 6. The standard InChI is InChI=1S/C93H150N14O36S2/c1-66(108)95-77-80(114)83(117)91(63-138-86(77)141-91)60-129-44-41-126-38-35-123-32-29-120-26-22-105-49-70(99-102-105)54-132-57-90(58-133-55-71-50-106(103-100-71)23-27-121-30-33-124-36-39-127-42-45-130-61-92-64-139-87(142-92)78(96-67(2)109)81(115)84(92)118,59-134-56-72-51-107(104-101-72)24-28-122-31-34-125-37-40-128-43-46-131-62-93-65-140-88(143-93)79(97-68(3)110)82(116)85(93)119)98-75(113)19-11-5-4-8-16-73(111)17-9-6-14-25-135-89-136-52-69(53-137-89)48-74(112)18-10-7-15-47-144-145-76-20-12-13-21-94-76/h12-13,20-21,49-51,69,77-89,114-119H,4-11,14-19,22-48,52-65H2,1-3H3,(H,95,108)(H,96,109)(H,97,110)(H,98,113)/t69?,77-,78-,79?,80-,81-,82-,83-,84-,85-,86+,87+,88+,89?,91+,92+,93+/m1/s1. The molecule has 15 atom stereocenters. The molecule has 145 heavy (non-hydrogen) atoms. The van der Waals surface area contributed by atoms with Crippen molar-refractivity contribution in [1.29, 1.82) is 0 Å². The number of ether oxygens (including phenoxy) is 24. The third-order valence-corrected chi connectivity index (χ3v) is 26.8. The normalized spacial score (nSPS) is 25.4. The molecule has 4 amide bonds. The van der Waals surface area contributed by atoms with Crippen LogP contribution in [0.3, 0.4) is 0 Å². The van der Waals surface area contributed by atoms with Gasteiger partial charge in [0.05, 0.1) is 276 Å². The molecular weight excluding hydrogens is 1950 g/mol. The molecular formula is C93H150N14O36S2. The molecule has 7 aliphatic rings. The van der Waals surface area contributed by atoms with Gasteiger partial charge in [-0.05, 0) is 61.5 Å². The minimum absolute atomic E-state index is 0.00287. The Bertz CT molecular complexity index is 4010. The average molecular weight is 2100 g/mol. The highest BCUT2D eigenvalue weighted by Gasteiger charge is 2.62. The number of unbranched alkanes of at least 4 members (excludes halogenated alkanes) is 7. The van der Waals surface area contributed by atoms with E-state index in [2.05, 4.69) is 57.2 Å². The first-order valence-corrected chi connectivity index (χ1v) is 52.3. The second-order valence-electron chi connectivity index (χ2n) is 36.5. The lowest BCUT2D eigenvalue weighted by molar-refractivity contribution is -0.322. The predicted molar refractivity (Wildman–Crippen MR) is 506 cm³/mol. The van der Waals surface area contributed by atoms with Crippen LogP contribution < -0.4 is 21.3 Å². The number of aliphatic hydroxyl groups excluding tert-OH is 6. The van der Waals surface area contributed by atoms with Crippen molar-refractivity contribution < 1.29 is 173 Å². The van der Waals surface area contributed by atoms with Crippen LogP contribution in [0.2, 0.25) is 0 Å². The summed E-state index contributed by atoms with van der Waals surface area (Å²) in [6.45, 7) is 10.2. The lowest BCUT2D eigenvalue weighted by atomic mass is 9.88. The van der Waals surface area contributed by atoms with Crippen LogP contribution in [0, 0.1) is 5.92 Å². The van der Waals surface area contributed by atoms with E-state index in [9.17, 15) is 59.4 Å². The summed E-state index contributed by atoms with van der Waals surface area (Å²) in [5.74, 6) is -0.0785. The Hall–Kier alpha value is -6.71. The van der Waals surface area contributed by atoms with Crippen molar-refractivity contribution in [2.24, 2.45) is 5.92 Å². The number of amides is 4. The lowest BCUT2D eigenvalue weighted by Crippen LogP contribution is -2.66. The summed E-state index contributed by atoms with van der Waals surface area (Å²) in [5.41, 5.74) is -3.71. The predicted octanol–water partition coefficient (Wildman–Crippen LogP) is -0.691. The van der Waals surface area contributed by atoms with Crippen molar-refractivity contribution in [3.63, 3.8) is 0 Å². The van der Waals surface area contributed by atoms with Crippen LogP contribution in [0.1, 0.15) is 134 Å². The topological polar surface area (TPSA) is 598 Å². The van der Waals surface area contributed by atoms with Crippen molar-refractivity contribution in [3.8, 4) is 0 Å². The van der Waals surface area contributed by atoms with E-state index < -0.39 is 120 Å². The number of Topliss-reactive ketones (excluding diaryl/α,β-unsaturated/α-hetero) is 2. The van der Waals surface area contributed by atoms with Gasteiger partial charge in [0, 0.05) is 70.7 Å². The van der Waals surface area contributed by atoms with Crippen molar-refractivity contribution in [2.75, 3.05) is 224 Å². The molecule has 820 valence electrons. The smallest absolute Gasteiger partial charge is 0.271 e. The van der Waals surface area contributed by atoms with E-state index in [1.807, 2.05) is 18.2 Å². The zero-order valence-corrected chi connectivity index (χ0v) is 84.9. The lowest BCUT2D eigenvalue weighted by Gasteiger charge is -2.42. The number of hydrogen-bond donors (Lipinski definition) is 10. The number of ketones is 2. The molecule has 50 nitrogen and oxygen atoms in total. The van der Waals surface area contributed by atoms with Gasteiger partial charge in [-0.2, -0.15) is 0 Å². The molecule has 0 aromatic carbocycles. The fourth-order valence-corrected chi connectivity index (χ4v) is 18.8. The van der Waals surface area contributed by atoms with Crippen molar-refractivity contribution in [3.05, 3.63) is 60.1 Å². The second-order valence-corrected chi connectivity index (χ2v) is 39.0. The van der Waals surface area contributed by atoms with E-state index in [1.54, 1.807) is 60.4 Å². The molecule has 1 unspecified atom stereocenters. The SMILES string of the molecule is CC(=O)NC1[C@H]2OC[C@](COCCOCCOCCOCCn3cc(COCC(COCc4cn(CCOCCOCCOCCOC[C@@]56CO[C@@H](O5)[C@H](NC(C)=O)[C@@H](O)[C@H]6O)nn4)(COCc4cn(CCOCCOCCOCCOC[C@@]56CO[C@@H](O5)[C@H](NC(C)=O)[C@@H](O)[C@H]6O)nn4)NC(=O)CCCCCCC(=O)CCCCCOC4OCC(CC(=O)CCCCCSSc5ccccn5)CO4)nn3)(O2)[C@H](O)[C@@H]1O. The maximum absolute atomic E-state index is 14.4. The van der Waals surface area contributed by atoms with Gasteiger partial charge in [-0.25, -0.2) is 19.0 Å². The molecule has 0 spiro atoms. The van der Waals surface area contributed by atoms with E-state index in [1.165, 1.54) is 20.8 Å². The molecule has 4 aromatic heterocycles. The van der Waals surface area contributed by atoms with Gasteiger partial charge >= 0.3 is 0 Å². The monoisotopic (exact) mass is 2100 g/mol. The summed E-state index contributed by atoms with van der Waals surface area (Å²) in [4.78, 5) is 79.4. The quantitative estimate of drug-likeness (QED) is 0.0193. The molecule has 0 saturated carbocycles. The molecule has 7 saturated heterocycles. The molecule has 11 rings (SSSR count). The molecule has 7 aliphatic heterocycles. The molecule has 0 aliphatic carbocycles. The van der Waals surface area contributed by atoms with Gasteiger partial charge in [-0.3, -0.25) is 28.8 Å². The number of aromatic nitrogens is 10. The minimum Gasteiger partial charge on any atom is -0.388 e. The molecule has 0 radical (unpaired) electrons.